The molecular formula is C19H22O2. The van der Waals surface area contributed by atoms with E-state index in [-0.39, 0.29) is 5.97 Å². The summed E-state index contributed by atoms with van der Waals surface area (Å²) in [7, 11) is 0. The van der Waals surface area contributed by atoms with Crippen LogP contribution in [0, 0.1) is 5.92 Å². The fourth-order valence-electron chi connectivity index (χ4n) is 2.43. The highest BCUT2D eigenvalue weighted by molar-refractivity contribution is 5.87. The molecule has 0 saturated heterocycles. The van der Waals surface area contributed by atoms with Gasteiger partial charge in [0.15, 0.2) is 0 Å². The number of hydrogen-bond donors (Lipinski definition) is 0. The van der Waals surface area contributed by atoms with Crippen LogP contribution in [0.5, 0.6) is 0 Å². The van der Waals surface area contributed by atoms with E-state index in [1.165, 1.54) is 11.1 Å². The van der Waals surface area contributed by atoms with Crippen molar-refractivity contribution in [3.05, 3.63) is 71.3 Å². The van der Waals surface area contributed by atoms with E-state index >= 15 is 0 Å². The van der Waals surface area contributed by atoms with Crippen LogP contribution < -0.4 is 0 Å². The Morgan fingerprint density at radius 1 is 1.33 bits per heavy atom. The fourth-order valence-corrected chi connectivity index (χ4v) is 2.43. The van der Waals surface area contributed by atoms with Gasteiger partial charge in [-0.05, 0) is 36.8 Å². The average Bonchev–Trinajstić information content (AvgIpc) is 2.47. The summed E-state index contributed by atoms with van der Waals surface area (Å²) in [6, 6.07) is 10.4. The zero-order valence-electron chi connectivity index (χ0n) is 12.8. The number of benzene rings is 1. The van der Waals surface area contributed by atoms with Crippen molar-refractivity contribution in [2.45, 2.75) is 26.7 Å². The molecule has 0 radical (unpaired) electrons. The molecule has 0 fully saturated rings. The third-order valence-electron chi connectivity index (χ3n) is 3.62. The Bertz CT molecular complexity index is 579. The minimum Gasteiger partial charge on any atom is -0.457 e. The minimum atomic E-state index is -0.325. The zero-order chi connectivity index (χ0) is 15.2. The van der Waals surface area contributed by atoms with Gasteiger partial charge in [-0.2, -0.15) is 0 Å². The molecule has 1 unspecified atom stereocenters. The second kappa shape index (κ2) is 7.07. The van der Waals surface area contributed by atoms with Gasteiger partial charge in [0.25, 0.3) is 0 Å². The van der Waals surface area contributed by atoms with E-state index in [1.807, 2.05) is 6.07 Å². The molecule has 2 heteroatoms. The summed E-state index contributed by atoms with van der Waals surface area (Å²) < 4.78 is 5.30. The number of carbonyl (C=O) groups is 1. The topological polar surface area (TPSA) is 26.3 Å². The Labute approximate surface area is 126 Å². The van der Waals surface area contributed by atoms with Crippen LogP contribution in [0.15, 0.2) is 65.8 Å². The number of ether oxygens (including phenoxy) is 1. The van der Waals surface area contributed by atoms with E-state index in [4.69, 9.17) is 4.74 Å². The first-order chi connectivity index (χ1) is 10.1. The lowest BCUT2D eigenvalue weighted by atomic mass is 9.87. The molecule has 1 atom stereocenters. The summed E-state index contributed by atoms with van der Waals surface area (Å²) in [5.74, 6) is 0.206. The van der Waals surface area contributed by atoms with E-state index < -0.39 is 0 Å². The van der Waals surface area contributed by atoms with Crippen molar-refractivity contribution in [3.8, 4) is 0 Å². The van der Waals surface area contributed by atoms with Crippen LogP contribution in [0.25, 0.3) is 0 Å². The van der Waals surface area contributed by atoms with Crippen molar-refractivity contribution in [1.82, 2.24) is 0 Å². The number of rotatable bonds is 5. The SMILES string of the molecule is C=C(C)C(=O)OCC1=C(Cc2ccccc2)CC(C)C=C1. The van der Waals surface area contributed by atoms with Crippen molar-refractivity contribution in [1.29, 1.82) is 0 Å². The lowest BCUT2D eigenvalue weighted by Gasteiger charge is -2.20. The van der Waals surface area contributed by atoms with E-state index in [9.17, 15) is 4.79 Å². The maximum Gasteiger partial charge on any atom is 0.333 e. The lowest BCUT2D eigenvalue weighted by Crippen LogP contribution is -2.12. The second-order valence-corrected chi connectivity index (χ2v) is 5.69. The highest BCUT2D eigenvalue weighted by Crippen LogP contribution is 2.26. The molecular weight excluding hydrogens is 260 g/mol. The molecule has 0 bridgehead atoms. The van der Waals surface area contributed by atoms with Crippen molar-refractivity contribution in [2.75, 3.05) is 6.61 Å². The monoisotopic (exact) mass is 282 g/mol. The molecule has 0 heterocycles. The quantitative estimate of drug-likeness (QED) is 0.596. The minimum absolute atomic E-state index is 0.325. The van der Waals surface area contributed by atoms with Crippen molar-refractivity contribution in [3.63, 3.8) is 0 Å². The molecule has 1 aliphatic rings. The van der Waals surface area contributed by atoms with Gasteiger partial charge in [-0.15, -0.1) is 0 Å². The third kappa shape index (κ3) is 4.45. The van der Waals surface area contributed by atoms with Gasteiger partial charge in [-0.25, -0.2) is 4.79 Å². The summed E-state index contributed by atoms with van der Waals surface area (Å²) in [6.07, 6.45) is 6.21. The van der Waals surface area contributed by atoms with Crippen LogP contribution in [0.4, 0.5) is 0 Å². The Kier molecular flexibility index (Phi) is 5.15. The molecule has 2 nitrogen and oxygen atoms in total. The molecule has 0 aliphatic heterocycles. The largest absolute Gasteiger partial charge is 0.457 e. The third-order valence-corrected chi connectivity index (χ3v) is 3.62. The first-order valence-corrected chi connectivity index (χ1v) is 7.32. The van der Waals surface area contributed by atoms with Gasteiger partial charge in [-0.3, -0.25) is 0 Å². The van der Waals surface area contributed by atoms with Crippen LogP contribution in [0.2, 0.25) is 0 Å². The normalized spacial score (nSPS) is 17.7. The predicted molar refractivity (Wildman–Crippen MR) is 85.9 cm³/mol. The Morgan fingerprint density at radius 3 is 2.71 bits per heavy atom. The van der Waals surface area contributed by atoms with E-state index in [0.717, 1.165) is 18.4 Å². The van der Waals surface area contributed by atoms with Crippen LogP contribution in [-0.4, -0.2) is 12.6 Å². The highest BCUT2D eigenvalue weighted by Gasteiger charge is 2.15. The standard InChI is InChI=1S/C19H22O2/c1-14(2)19(20)21-13-17-10-9-15(3)11-18(17)12-16-7-5-4-6-8-16/h4-10,15H,1,11-13H2,2-3H3. The summed E-state index contributed by atoms with van der Waals surface area (Å²) >= 11 is 0. The molecule has 1 aromatic carbocycles. The van der Waals surface area contributed by atoms with Crippen LogP contribution in [0.3, 0.4) is 0 Å². The number of allylic oxidation sites excluding steroid dienone is 2. The maximum atomic E-state index is 11.5. The van der Waals surface area contributed by atoms with E-state index in [1.54, 1.807) is 6.92 Å². The lowest BCUT2D eigenvalue weighted by molar-refractivity contribution is -0.137. The van der Waals surface area contributed by atoms with Gasteiger partial charge in [0.1, 0.15) is 6.61 Å². The molecule has 110 valence electrons. The summed E-state index contributed by atoms with van der Waals surface area (Å²) in [4.78, 5) is 11.5. The molecule has 2 rings (SSSR count). The molecule has 1 aromatic rings. The van der Waals surface area contributed by atoms with Crippen molar-refractivity contribution < 1.29 is 9.53 Å². The van der Waals surface area contributed by atoms with Crippen LogP contribution in [-0.2, 0) is 16.0 Å². The second-order valence-electron chi connectivity index (χ2n) is 5.69. The van der Waals surface area contributed by atoms with Crippen molar-refractivity contribution >= 4 is 5.97 Å². The molecule has 1 aliphatic carbocycles. The Hall–Kier alpha value is -2.09. The average molecular weight is 282 g/mol. The molecule has 0 saturated carbocycles. The van der Waals surface area contributed by atoms with Gasteiger partial charge in [0, 0.05) is 5.57 Å². The predicted octanol–water partition coefficient (Wildman–Crippen LogP) is 4.24. The summed E-state index contributed by atoms with van der Waals surface area (Å²) in [5.41, 5.74) is 4.20. The molecule has 0 N–H and O–H groups in total. The molecule has 21 heavy (non-hydrogen) atoms. The Morgan fingerprint density at radius 2 is 2.05 bits per heavy atom. The number of hydrogen-bond acceptors (Lipinski definition) is 2. The number of carbonyl (C=O) groups excluding carboxylic acids is 1. The smallest absolute Gasteiger partial charge is 0.333 e. The van der Waals surface area contributed by atoms with Gasteiger partial charge in [-0.1, -0.05) is 61.6 Å². The summed E-state index contributed by atoms with van der Waals surface area (Å²) in [5, 5.41) is 0. The van der Waals surface area contributed by atoms with Gasteiger partial charge < -0.3 is 4.74 Å². The van der Waals surface area contributed by atoms with Gasteiger partial charge in [0.2, 0.25) is 0 Å². The van der Waals surface area contributed by atoms with Gasteiger partial charge >= 0.3 is 5.97 Å². The van der Waals surface area contributed by atoms with Crippen molar-refractivity contribution in [2.24, 2.45) is 5.92 Å². The first kappa shape index (κ1) is 15.3. The van der Waals surface area contributed by atoms with E-state index in [0.29, 0.717) is 18.1 Å². The zero-order valence-corrected chi connectivity index (χ0v) is 12.8. The molecule has 0 amide bonds. The molecule has 0 spiro atoms. The van der Waals surface area contributed by atoms with Crippen LogP contribution in [0.1, 0.15) is 25.8 Å². The molecule has 0 aromatic heterocycles. The number of esters is 1. The fraction of sp³-hybridized carbons (Fsp3) is 0.316. The van der Waals surface area contributed by atoms with E-state index in [2.05, 4.69) is 49.9 Å². The summed E-state index contributed by atoms with van der Waals surface area (Å²) in [6.45, 7) is 7.81. The van der Waals surface area contributed by atoms with Crippen LogP contribution >= 0.6 is 0 Å². The highest BCUT2D eigenvalue weighted by atomic mass is 16.5. The maximum absolute atomic E-state index is 11.5. The Balaban J connectivity index is 2.12. The first-order valence-electron chi connectivity index (χ1n) is 7.32. The van der Waals surface area contributed by atoms with Gasteiger partial charge in [0.05, 0.1) is 0 Å².